The van der Waals surface area contributed by atoms with Crippen LogP contribution in [0.4, 0.5) is 0 Å². The predicted octanol–water partition coefficient (Wildman–Crippen LogP) is 3.78. The van der Waals surface area contributed by atoms with Crippen molar-refractivity contribution in [2.45, 2.75) is 25.7 Å². The summed E-state index contributed by atoms with van der Waals surface area (Å²) in [6.45, 7) is 4.22. The van der Waals surface area contributed by atoms with Gasteiger partial charge in [0.25, 0.3) is 0 Å². The molecule has 0 unspecified atom stereocenters. The molecule has 0 saturated heterocycles. The average Bonchev–Trinajstić information content (AvgIpc) is 2.58. The number of benzene rings is 1. The number of esters is 1. The molecule has 0 radical (unpaired) electrons. The third-order valence-corrected chi connectivity index (χ3v) is 3.90. The molecule has 0 bridgehead atoms. The number of carboxylic acid groups (broad SMARTS) is 1. The number of aromatic carboxylic acids is 1. The van der Waals surface area contributed by atoms with E-state index in [9.17, 15) is 9.59 Å². The Hall–Kier alpha value is -2.56. The molecule has 1 fully saturated rings. The lowest BCUT2D eigenvalue weighted by molar-refractivity contribution is 0.0652. The maximum atomic E-state index is 11.9. The van der Waals surface area contributed by atoms with E-state index in [0.29, 0.717) is 18.1 Å². The third-order valence-electron chi connectivity index (χ3n) is 3.90. The van der Waals surface area contributed by atoms with E-state index in [1.54, 1.807) is 0 Å². The van der Waals surface area contributed by atoms with Gasteiger partial charge in [-0.1, -0.05) is 6.58 Å². The van der Waals surface area contributed by atoms with Gasteiger partial charge in [-0.15, -0.1) is 0 Å². The molecule has 0 heterocycles. The van der Waals surface area contributed by atoms with Gasteiger partial charge < -0.3 is 14.6 Å². The summed E-state index contributed by atoms with van der Waals surface area (Å²) in [5, 5.41) is 8.82. The van der Waals surface area contributed by atoms with Crippen LogP contribution in [-0.2, 0) is 9.47 Å². The highest BCUT2D eigenvalue weighted by Crippen LogP contribution is 2.28. The zero-order valence-electron chi connectivity index (χ0n) is 12.9. The lowest BCUT2D eigenvalue weighted by Gasteiger charge is -2.22. The van der Waals surface area contributed by atoms with Crippen molar-refractivity contribution in [3.05, 3.63) is 60.1 Å². The van der Waals surface area contributed by atoms with Gasteiger partial charge in [0.1, 0.15) is 0 Å². The monoisotopic (exact) mass is 316 g/mol. The van der Waals surface area contributed by atoms with E-state index < -0.39 is 11.9 Å². The Labute approximate surface area is 135 Å². The fraction of sp³-hybridized carbons (Fsp3) is 0.333. The summed E-state index contributed by atoms with van der Waals surface area (Å²) in [5.74, 6) is -0.986. The van der Waals surface area contributed by atoms with E-state index in [1.807, 2.05) is 0 Å². The second-order valence-corrected chi connectivity index (χ2v) is 5.51. The highest BCUT2D eigenvalue weighted by Gasteiger charge is 2.17. The molecular weight excluding hydrogens is 296 g/mol. The molecular formula is C18H20O5. The van der Waals surface area contributed by atoms with Crippen LogP contribution in [0.5, 0.6) is 0 Å². The summed E-state index contributed by atoms with van der Waals surface area (Å²) in [6, 6.07) is 5.68. The van der Waals surface area contributed by atoms with Crippen molar-refractivity contribution >= 4 is 11.9 Å². The lowest BCUT2D eigenvalue weighted by Crippen LogP contribution is -2.13. The van der Waals surface area contributed by atoms with Gasteiger partial charge in [0.05, 0.1) is 30.3 Å². The van der Waals surface area contributed by atoms with Gasteiger partial charge >= 0.3 is 11.9 Å². The normalized spacial score (nSPS) is 17.2. The maximum Gasteiger partial charge on any atom is 0.342 e. The summed E-state index contributed by atoms with van der Waals surface area (Å²) < 4.78 is 10.4. The van der Waals surface area contributed by atoms with Gasteiger partial charge in [-0.3, -0.25) is 0 Å². The molecule has 23 heavy (non-hydrogen) atoms. The van der Waals surface area contributed by atoms with Crippen LogP contribution < -0.4 is 0 Å². The minimum absolute atomic E-state index is 0.139. The lowest BCUT2D eigenvalue weighted by atomic mass is 9.87. The minimum atomic E-state index is -1.02. The molecule has 0 aliphatic heterocycles. The number of hydrogen-bond donors (Lipinski definition) is 1. The topological polar surface area (TPSA) is 72.8 Å². The number of carbonyl (C=O) groups excluding carboxylic acids is 1. The van der Waals surface area contributed by atoms with Crippen LogP contribution in [0.3, 0.4) is 0 Å². The van der Waals surface area contributed by atoms with E-state index in [4.69, 9.17) is 14.6 Å². The van der Waals surface area contributed by atoms with Crippen LogP contribution in [0.25, 0.3) is 0 Å². The predicted molar refractivity (Wildman–Crippen MR) is 85.0 cm³/mol. The van der Waals surface area contributed by atoms with Crippen molar-refractivity contribution in [3.8, 4) is 0 Å². The molecule has 0 atom stereocenters. The van der Waals surface area contributed by atoms with Crippen LogP contribution in [0.2, 0.25) is 0 Å². The van der Waals surface area contributed by atoms with Gasteiger partial charge in [0.15, 0.2) is 0 Å². The molecule has 1 aliphatic rings. The molecule has 0 aromatic heterocycles. The average molecular weight is 316 g/mol. The van der Waals surface area contributed by atoms with Crippen molar-refractivity contribution in [2.24, 2.45) is 5.92 Å². The van der Waals surface area contributed by atoms with Gasteiger partial charge in [-0.05, 0) is 61.4 Å². The summed E-state index contributed by atoms with van der Waals surface area (Å²) in [6.07, 6.45) is 6.77. The van der Waals surface area contributed by atoms with Crippen LogP contribution in [0, 0.1) is 5.92 Å². The van der Waals surface area contributed by atoms with Crippen molar-refractivity contribution in [1.29, 1.82) is 0 Å². The second-order valence-electron chi connectivity index (χ2n) is 5.51. The first kappa shape index (κ1) is 16.8. The Kier molecular flexibility index (Phi) is 5.97. The molecule has 122 valence electrons. The molecule has 5 nitrogen and oxygen atoms in total. The first-order chi connectivity index (χ1) is 11.1. The molecule has 5 heteroatoms. The molecule has 2 rings (SSSR count). The second kappa shape index (κ2) is 8.17. The molecule has 0 amide bonds. The van der Waals surface area contributed by atoms with Crippen molar-refractivity contribution in [3.63, 3.8) is 0 Å². The zero-order chi connectivity index (χ0) is 16.7. The Morgan fingerprint density at radius 2 is 1.78 bits per heavy atom. The minimum Gasteiger partial charge on any atom is -0.502 e. The molecule has 1 aliphatic carbocycles. The quantitative estimate of drug-likeness (QED) is 0.639. The summed E-state index contributed by atoms with van der Waals surface area (Å²) in [7, 11) is 0. The molecule has 1 aromatic carbocycles. The largest absolute Gasteiger partial charge is 0.502 e. The van der Waals surface area contributed by atoms with E-state index in [2.05, 4.69) is 6.58 Å². The number of allylic oxidation sites excluding steroid dienone is 1. The van der Waals surface area contributed by atoms with Crippen LogP contribution in [-0.4, -0.2) is 23.7 Å². The summed E-state index contributed by atoms with van der Waals surface area (Å²) in [5.41, 5.74) is 1.58. The number of hydrogen-bond acceptors (Lipinski definition) is 4. The fourth-order valence-corrected chi connectivity index (χ4v) is 2.49. The first-order valence-electron chi connectivity index (χ1n) is 7.55. The molecule has 1 saturated carbocycles. The highest BCUT2D eigenvalue weighted by atomic mass is 16.5. The van der Waals surface area contributed by atoms with E-state index in [1.165, 1.54) is 36.8 Å². The highest BCUT2D eigenvalue weighted by molar-refractivity contribution is 5.92. The Morgan fingerprint density at radius 3 is 2.35 bits per heavy atom. The fourth-order valence-electron chi connectivity index (χ4n) is 2.49. The number of carboxylic acids is 1. The van der Waals surface area contributed by atoms with Crippen molar-refractivity contribution in [2.75, 3.05) is 6.61 Å². The summed E-state index contributed by atoms with van der Waals surface area (Å²) in [4.78, 5) is 22.7. The SMILES string of the molecule is C=COCC1CCC(=COC(=O)c2ccc(C(=O)O)cc2)CC1. The maximum absolute atomic E-state index is 11.9. The smallest absolute Gasteiger partial charge is 0.342 e. The Bertz CT molecular complexity index is 590. The van der Waals surface area contributed by atoms with Crippen LogP contribution >= 0.6 is 0 Å². The Balaban J connectivity index is 1.84. The number of ether oxygens (including phenoxy) is 2. The molecule has 1 N–H and O–H groups in total. The van der Waals surface area contributed by atoms with Gasteiger partial charge in [-0.25, -0.2) is 9.59 Å². The van der Waals surface area contributed by atoms with Gasteiger partial charge in [0.2, 0.25) is 0 Å². The Morgan fingerprint density at radius 1 is 1.17 bits per heavy atom. The van der Waals surface area contributed by atoms with Crippen LogP contribution in [0.1, 0.15) is 46.4 Å². The molecule has 0 spiro atoms. The van der Waals surface area contributed by atoms with Gasteiger partial charge in [-0.2, -0.15) is 0 Å². The van der Waals surface area contributed by atoms with Crippen molar-refractivity contribution < 1.29 is 24.2 Å². The first-order valence-corrected chi connectivity index (χ1v) is 7.55. The van der Waals surface area contributed by atoms with Gasteiger partial charge in [0, 0.05) is 0 Å². The van der Waals surface area contributed by atoms with Crippen LogP contribution in [0.15, 0.2) is 48.9 Å². The summed E-state index contributed by atoms with van der Waals surface area (Å²) >= 11 is 0. The number of carbonyl (C=O) groups is 2. The van der Waals surface area contributed by atoms with E-state index in [0.717, 1.165) is 31.3 Å². The van der Waals surface area contributed by atoms with E-state index in [-0.39, 0.29) is 5.56 Å². The molecule has 1 aromatic rings. The van der Waals surface area contributed by atoms with Crippen molar-refractivity contribution in [1.82, 2.24) is 0 Å². The number of rotatable bonds is 6. The zero-order valence-corrected chi connectivity index (χ0v) is 12.9. The standard InChI is InChI=1S/C18H20O5/c1-2-22-11-13-3-5-14(6-4-13)12-23-18(21)16-9-7-15(8-10-16)17(19)20/h2,7-10,12-13H,1,3-6,11H2,(H,19,20). The third kappa shape index (κ3) is 4.98. The van der Waals surface area contributed by atoms with E-state index >= 15 is 0 Å².